The van der Waals surface area contributed by atoms with Gasteiger partial charge in [-0.1, -0.05) is 18.9 Å². The minimum Gasteiger partial charge on any atom is -0.469 e. The number of hydrogen-bond donors (Lipinski definition) is 1. The van der Waals surface area contributed by atoms with Crippen LogP contribution in [-0.4, -0.2) is 19.6 Å². The van der Waals surface area contributed by atoms with Crippen LogP contribution in [0.15, 0.2) is 17.5 Å². The van der Waals surface area contributed by atoms with E-state index in [1.54, 1.807) is 11.3 Å². The number of aryl methyl sites for hydroxylation is 1. The zero-order valence-corrected chi connectivity index (χ0v) is 11.7. The number of esters is 1. The van der Waals surface area contributed by atoms with Gasteiger partial charge in [0.1, 0.15) is 0 Å². The van der Waals surface area contributed by atoms with E-state index in [1.165, 1.54) is 24.8 Å². The van der Waals surface area contributed by atoms with Crippen molar-refractivity contribution in [3.8, 4) is 0 Å². The van der Waals surface area contributed by atoms with Gasteiger partial charge < -0.3 is 10.5 Å². The van der Waals surface area contributed by atoms with E-state index in [1.807, 2.05) is 6.07 Å². The third kappa shape index (κ3) is 3.12. The van der Waals surface area contributed by atoms with Gasteiger partial charge in [-0.2, -0.15) is 0 Å². The first-order chi connectivity index (χ1) is 8.70. The van der Waals surface area contributed by atoms with Crippen LogP contribution in [0.1, 0.15) is 30.6 Å². The second kappa shape index (κ2) is 5.85. The van der Waals surface area contributed by atoms with Gasteiger partial charge in [0.15, 0.2) is 0 Å². The molecule has 1 aromatic rings. The zero-order chi connectivity index (χ0) is 13.0. The number of hydrogen-bond acceptors (Lipinski definition) is 4. The van der Waals surface area contributed by atoms with E-state index in [9.17, 15) is 4.79 Å². The monoisotopic (exact) mass is 267 g/mol. The van der Waals surface area contributed by atoms with E-state index in [0.717, 1.165) is 19.3 Å². The molecule has 2 N–H and O–H groups in total. The van der Waals surface area contributed by atoms with Crippen LogP contribution in [-0.2, 0) is 16.0 Å². The first-order valence-corrected chi connectivity index (χ1v) is 7.39. The summed E-state index contributed by atoms with van der Waals surface area (Å²) in [5.74, 6) is 0.546. The Kier molecular flexibility index (Phi) is 4.40. The van der Waals surface area contributed by atoms with Crippen LogP contribution >= 0.6 is 11.3 Å². The van der Waals surface area contributed by atoms with Gasteiger partial charge in [-0.25, -0.2) is 0 Å². The van der Waals surface area contributed by atoms with Crippen LogP contribution in [0.5, 0.6) is 0 Å². The highest BCUT2D eigenvalue weighted by Crippen LogP contribution is 2.43. The molecule has 1 unspecified atom stereocenters. The van der Waals surface area contributed by atoms with Crippen molar-refractivity contribution in [3.63, 3.8) is 0 Å². The standard InChI is InChI=1S/C14H21NO2S/c1-17-13(16)14(10-15,9-11-4-5-11)7-6-12-3-2-8-18-12/h2-3,8,11H,4-7,9-10,15H2,1H3. The maximum Gasteiger partial charge on any atom is 0.313 e. The second-order valence-corrected chi connectivity index (χ2v) is 6.24. The number of methoxy groups -OCH3 is 1. The molecule has 18 heavy (non-hydrogen) atoms. The summed E-state index contributed by atoms with van der Waals surface area (Å²) < 4.78 is 4.99. The van der Waals surface area contributed by atoms with Crippen molar-refractivity contribution in [2.24, 2.45) is 17.1 Å². The van der Waals surface area contributed by atoms with Crippen LogP contribution in [0.25, 0.3) is 0 Å². The number of carbonyl (C=O) groups is 1. The Balaban J connectivity index is 2.03. The van der Waals surface area contributed by atoms with Gasteiger partial charge in [0.25, 0.3) is 0 Å². The quantitative estimate of drug-likeness (QED) is 0.773. The summed E-state index contributed by atoms with van der Waals surface area (Å²) in [5.41, 5.74) is 5.43. The minimum atomic E-state index is -0.472. The van der Waals surface area contributed by atoms with Crippen LogP contribution < -0.4 is 5.73 Å². The Morgan fingerprint density at radius 1 is 1.61 bits per heavy atom. The van der Waals surface area contributed by atoms with Gasteiger partial charge in [-0.15, -0.1) is 11.3 Å². The summed E-state index contributed by atoms with van der Waals surface area (Å²) in [6, 6.07) is 4.16. The fourth-order valence-corrected chi connectivity index (χ4v) is 3.17. The highest BCUT2D eigenvalue weighted by atomic mass is 32.1. The Morgan fingerprint density at radius 2 is 2.39 bits per heavy atom. The van der Waals surface area contributed by atoms with Gasteiger partial charge >= 0.3 is 5.97 Å². The molecule has 0 saturated heterocycles. The topological polar surface area (TPSA) is 52.3 Å². The number of carbonyl (C=O) groups excluding carboxylic acids is 1. The minimum absolute atomic E-state index is 0.131. The zero-order valence-electron chi connectivity index (χ0n) is 10.9. The Labute approximate surface area is 112 Å². The molecule has 4 heteroatoms. The molecule has 3 nitrogen and oxygen atoms in total. The molecule has 0 aromatic carbocycles. The molecule has 0 spiro atoms. The molecule has 0 radical (unpaired) electrons. The smallest absolute Gasteiger partial charge is 0.313 e. The lowest BCUT2D eigenvalue weighted by Crippen LogP contribution is -2.40. The first kappa shape index (κ1) is 13.6. The molecule has 1 fully saturated rings. The van der Waals surface area contributed by atoms with E-state index in [2.05, 4.69) is 11.4 Å². The van der Waals surface area contributed by atoms with Crippen LogP contribution in [0.4, 0.5) is 0 Å². The molecule has 2 rings (SSSR count). The molecule has 0 bridgehead atoms. The highest BCUT2D eigenvalue weighted by Gasteiger charge is 2.42. The van der Waals surface area contributed by atoms with Gasteiger partial charge in [0.05, 0.1) is 12.5 Å². The molecule has 1 aliphatic rings. The largest absolute Gasteiger partial charge is 0.469 e. The summed E-state index contributed by atoms with van der Waals surface area (Å²) in [5, 5.41) is 2.07. The van der Waals surface area contributed by atoms with Crippen molar-refractivity contribution >= 4 is 17.3 Å². The lowest BCUT2D eigenvalue weighted by molar-refractivity contribution is -0.153. The van der Waals surface area contributed by atoms with E-state index < -0.39 is 5.41 Å². The molecular weight excluding hydrogens is 246 g/mol. The van der Waals surface area contributed by atoms with Gasteiger partial charge in [0.2, 0.25) is 0 Å². The number of ether oxygens (including phenoxy) is 1. The third-order valence-corrected chi connectivity index (χ3v) is 4.75. The number of rotatable bonds is 7. The fraction of sp³-hybridized carbons (Fsp3) is 0.643. The number of thiophene rings is 1. The summed E-state index contributed by atoms with van der Waals surface area (Å²) in [6.07, 6.45) is 5.07. The normalized spacial score (nSPS) is 18.3. The maximum atomic E-state index is 12.1. The average Bonchev–Trinajstić information content (AvgIpc) is 3.05. The molecule has 0 amide bonds. The fourth-order valence-electron chi connectivity index (χ4n) is 2.46. The molecule has 1 aromatic heterocycles. The van der Waals surface area contributed by atoms with Crippen LogP contribution in [0.2, 0.25) is 0 Å². The first-order valence-electron chi connectivity index (χ1n) is 6.51. The predicted octanol–water partition coefficient (Wildman–Crippen LogP) is 2.60. The van der Waals surface area contributed by atoms with Crippen LogP contribution in [0.3, 0.4) is 0 Å². The van der Waals surface area contributed by atoms with E-state index in [0.29, 0.717) is 12.5 Å². The number of nitrogens with two attached hydrogens (primary N) is 1. The van der Waals surface area contributed by atoms with Crippen LogP contribution in [0, 0.1) is 11.3 Å². The molecule has 100 valence electrons. The van der Waals surface area contributed by atoms with Gasteiger partial charge in [-0.3, -0.25) is 4.79 Å². The molecule has 1 atom stereocenters. The average molecular weight is 267 g/mol. The third-order valence-electron chi connectivity index (χ3n) is 3.82. The summed E-state index contributed by atoms with van der Waals surface area (Å²) in [6.45, 7) is 0.390. The van der Waals surface area contributed by atoms with Crippen molar-refractivity contribution in [3.05, 3.63) is 22.4 Å². The van der Waals surface area contributed by atoms with Gasteiger partial charge in [-0.05, 0) is 36.6 Å². The molecule has 1 saturated carbocycles. The SMILES string of the molecule is COC(=O)C(CN)(CCc1cccs1)CC1CC1. The van der Waals surface area contributed by atoms with Crippen molar-refractivity contribution < 1.29 is 9.53 Å². The summed E-state index contributed by atoms with van der Waals surface area (Å²) in [4.78, 5) is 13.4. The maximum absolute atomic E-state index is 12.1. The molecule has 1 heterocycles. The van der Waals surface area contributed by atoms with Gasteiger partial charge in [0, 0.05) is 11.4 Å². The lowest BCUT2D eigenvalue weighted by atomic mass is 9.78. The molecular formula is C14H21NO2S. The van der Waals surface area contributed by atoms with Crippen molar-refractivity contribution in [1.82, 2.24) is 0 Å². The van der Waals surface area contributed by atoms with E-state index in [-0.39, 0.29) is 5.97 Å². The lowest BCUT2D eigenvalue weighted by Gasteiger charge is -2.29. The summed E-state index contributed by atoms with van der Waals surface area (Å²) >= 11 is 1.73. The Bertz CT molecular complexity index is 387. The van der Waals surface area contributed by atoms with Crippen molar-refractivity contribution in [2.45, 2.75) is 32.1 Å². The Hall–Kier alpha value is -0.870. The predicted molar refractivity (Wildman–Crippen MR) is 73.5 cm³/mol. The Morgan fingerprint density at radius 3 is 2.89 bits per heavy atom. The highest BCUT2D eigenvalue weighted by molar-refractivity contribution is 7.09. The van der Waals surface area contributed by atoms with Crippen molar-refractivity contribution in [1.29, 1.82) is 0 Å². The summed E-state index contributed by atoms with van der Waals surface area (Å²) in [7, 11) is 1.46. The molecule has 1 aliphatic carbocycles. The molecule has 0 aliphatic heterocycles. The second-order valence-electron chi connectivity index (χ2n) is 5.20. The van der Waals surface area contributed by atoms with E-state index >= 15 is 0 Å². The van der Waals surface area contributed by atoms with E-state index in [4.69, 9.17) is 10.5 Å². The van der Waals surface area contributed by atoms with Crippen molar-refractivity contribution in [2.75, 3.05) is 13.7 Å².